The first kappa shape index (κ1) is 15.1. The van der Waals surface area contributed by atoms with E-state index in [1.807, 2.05) is 0 Å². The molecular weight excluding hydrogens is 280 g/mol. The molecule has 1 aromatic carbocycles. The van der Waals surface area contributed by atoms with Crippen LogP contribution in [0.2, 0.25) is 0 Å². The number of carbonyl (C=O) groups is 1. The molecule has 0 unspecified atom stereocenters. The molecule has 112 valence electrons. The van der Waals surface area contributed by atoms with Crippen molar-refractivity contribution in [2.24, 2.45) is 0 Å². The van der Waals surface area contributed by atoms with Gasteiger partial charge in [-0.1, -0.05) is 24.3 Å². The number of amides is 1. The quantitative estimate of drug-likeness (QED) is 0.876. The number of benzene rings is 1. The third kappa shape index (κ3) is 3.43. The molecule has 0 saturated carbocycles. The number of alkyl halides is 2. The van der Waals surface area contributed by atoms with Gasteiger partial charge in [-0.2, -0.15) is 0 Å². The molecule has 0 bridgehead atoms. The normalized spacial score (nSPS) is 11.0. The summed E-state index contributed by atoms with van der Waals surface area (Å²) in [6, 6.07) is 8.59. The maximum absolute atomic E-state index is 12.5. The van der Waals surface area contributed by atoms with E-state index in [2.05, 4.69) is 4.98 Å². The van der Waals surface area contributed by atoms with E-state index in [0.29, 0.717) is 10.8 Å². The first-order valence-electron chi connectivity index (χ1n) is 6.36. The number of aliphatic hydroxyl groups is 1. The Morgan fingerprint density at radius 1 is 1.38 bits per heavy atom. The van der Waals surface area contributed by atoms with Crippen molar-refractivity contribution in [1.29, 1.82) is 0 Å². The van der Waals surface area contributed by atoms with Crippen molar-refractivity contribution in [3.8, 4) is 0 Å². The number of nitrogen functional groups attached to an aromatic ring is 1. The van der Waals surface area contributed by atoms with Gasteiger partial charge in [0.15, 0.2) is 0 Å². The van der Waals surface area contributed by atoms with Gasteiger partial charge in [0.05, 0.1) is 13.2 Å². The maximum Gasteiger partial charge on any atom is 0.272 e. The Balaban J connectivity index is 2.37. The Kier molecular flexibility index (Phi) is 4.64. The van der Waals surface area contributed by atoms with Crippen molar-refractivity contribution < 1.29 is 18.7 Å². The molecular formula is C14H15F2N3O2. The smallest absolute Gasteiger partial charge is 0.272 e. The van der Waals surface area contributed by atoms with Crippen LogP contribution in [0.5, 0.6) is 0 Å². The van der Waals surface area contributed by atoms with Crippen molar-refractivity contribution >= 4 is 22.5 Å². The van der Waals surface area contributed by atoms with Gasteiger partial charge >= 0.3 is 0 Å². The molecule has 2 rings (SSSR count). The summed E-state index contributed by atoms with van der Waals surface area (Å²) in [6.07, 6.45) is -2.68. The SMILES string of the molecule is Nc1nc(C(=O)N(CCO)CC(F)F)cc2ccccc12. The van der Waals surface area contributed by atoms with Crippen LogP contribution in [0.15, 0.2) is 30.3 Å². The van der Waals surface area contributed by atoms with E-state index in [0.717, 1.165) is 4.90 Å². The van der Waals surface area contributed by atoms with Crippen molar-refractivity contribution in [2.75, 3.05) is 25.4 Å². The van der Waals surface area contributed by atoms with Gasteiger partial charge in [0.2, 0.25) is 0 Å². The van der Waals surface area contributed by atoms with Gasteiger partial charge < -0.3 is 15.7 Å². The Bertz CT molecular complexity index is 649. The summed E-state index contributed by atoms with van der Waals surface area (Å²) in [6.45, 7) is -1.34. The lowest BCUT2D eigenvalue weighted by atomic mass is 10.1. The monoisotopic (exact) mass is 295 g/mol. The number of aromatic nitrogens is 1. The van der Waals surface area contributed by atoms with Gasteiger partial charge in [0.25, 0.3) is 12.3 Å². The number of nitrogens with zero attached hydrogens (tertiary/aromatic N) is 2. The standard InChI is InChI=1S/C14H15F2N3O2/c15-12(16)8-19(5-6-20)14(21)11-7-9-3-1-2-4-10(9)13(17)18-11/h1-4,7,12,20H,5-6,8H2,(H2,17,18). The zero-order chi connectivity index (χ0) is 15.4. The van der Waals surface area contributed by atoms with Crippen LogP contribution in [0.3, 0.4) is 0 Å². The minimum Gasteiger partial charge on any atom is -0.395 e. The lowest BCUT2D eigenvalue weighted by Crippen LogP contribution is -2.37. The number of anilines is 1. The molecule has 0 radical (unpaired) electrons. The van der Waals surface area contributed by atoms with E-state index in [9.17, 15) is 13.6 Å². The molecule has 0 saturated heterocycles. The third-order valence-electron chi connectivity index (χ3n) is 3.00. The van der Waals surface area contributed by atoms with Crippen LogP contribution in [-0.2, 0) is 0 Å². The van der Waals surface area contributed by atoms with Crippen molar-refractivity contribution in [2.45, 2.75) is 6.43 Å². The van der Waals surface area contributed by atoms with Crippen molar-refractivity contribution in [1.82, 2.24) is 9.88 Å². The topological polar surface area (TPSA) is 79.5 Å². The van der Waals surface area contributed by atoms with E-state index in [-0.39, 0.29) is 18.1 Å². The maximum atomic E-state index is 12.5. The van der Waals surface area contributed by atoms with Crippen LogP contribution in [0.1, 0.15) is 10.5 Å². The van der Waals surface area contributed by atoms with E-state index >= 15 is 0 Å². The Morgan fingerprint density at radius 2 is 2.10 bits per heavy atom. The predicted octanol–water partition coefficient (Wildman–Crippen LogP) is 1.52. The summed E-state index contributed by atoms with van der Waals surface area (Å²) in [4.78, 5) is 17.1. The average molecular weight is 295 g/mol. The largest absolute Gasteiger partial charge is 0.395 e. The summed E-state index contributed by atoms with van der Waals surface area (Å²) >= 11 is 0. The minimum atomic E-state index is -2.68. The summed E-state index contributed by atoms with van der Waals surface area (Å²) in [5.74, 6) is -0.515. The van der Waals surface area contributed by atoms with Crippen LogP contribution >= 0.6 is 0 Å². The zero-order valence-electron chi connectivity index (χ0n) is 11.2. The summed E-state index contributed by atoms with van der Waals surface area (Å²) in [5, 5.41) is 10.3. The van der Waals surface area contributed by atoms with E-state index in [1.54, 1.807) is 24.3 Å². The first-order chi connectivity index (χ1) is 10.0. The average Bonchev–Trinajstić information content (AvgIpc) is 2.45. The Labute approximate surface area is 120 Å². The second-order valence-corrected chi connectivity index (χ2v) is 4.48. The number of rotatable bonds is 5. The number of pyridine rings is 1. The molecule has 0 aliphatic heterocycles. The van der Waals surface area contributed by atoms with Gasteiger partial charge in [-0.3, -0.25) is 4.79 Å². The lowest BCUT2D eigenvalue weighted by molar-refractivity contribution is 0.0504. The van der Waals surface area contributed by atoms with Crippen LogP contribution in [0.25, 0.3) is 10.8 Å². The molecule has 2 aromatic rings. The predicted molar refractivity (Wildman–Crippen MR) is 75.1 cm³/mol. The van der Waals surface area contributed by atoms with Crippen molar-refractivity contribution in [3.63, 3.8) is 0 Å². The fourth-order valence-corrected chi connectivity index (χ4v) is 2.06. The molecule has 0 spiro atoms. The molecule has 0 fully saturated rings. The van der Waals surface area contributed by atoms with E-state index < -0.39 is 25.5 Å². The van der Waals surface area contributed by atoms with Gasteiger partial charge in [-0.05, 0) is 11.5 Å². The molecule has 0 aliphatic carbocycles. The van der Waals surface area contributed by atoms with E-state index in [1.165, 1.54) is 6.07 Å². The summed E-state index contributed by atoms with van der Waals surface area (Å²) in [7, 11) is 0. The third-order valence-corrected chi connectivity index (χ3v) is 3.00. The van der Waals surface area contributed by atoms with Crippen LogP contribution < -0.4 is 5.73 Å². The highest BCUT2D eigenvalue weighted by atomic mass is 19.3. The zero-order valence-corrected chi connectivity index (χ0v) is 11.2. The Morgan fingerprint density at radius 3 is 2.76 bits per heavy atom. The lowest BCUT2D eigenvalue weighted by Gasteiger charge is -2.21. The number of hydrogen-bond acceptors (Lipinski definition) is 4. The Hall–Kier alpha value is -2.28. The number of nitrogens with two attached hydrogens (primary N) is 1. The second kappa shape index (κ2) is 6.45. The highest BCUT2D eigenvalue weighted by Gasteiger charge is 2.21. The summed E-state index contributed by atoms with van der Waals surface area (Å²) in [5.41, 5.74) is 5.78. The highest BCUT2D eigenvalue weighted by Crippen LogP contribution is 2.20. The number of hydrogen-bond donors (Lipinski definition) is 2. The molecule has 1 aromatic heterocycles. The van der Waals surface area contributed by atoms with Gasteiger partial charge in [0.1, 0.15) is 11.5 Å². The van der Waals surface area contributed by atoms with Crippen molar-refractivity contribution in [3.05, 3.63) is 36.0 Å². The van der Waals surface area contributed by atoms with Gasteiger partial charge in [-0.25, -0.2) is 13.8 Å². The molecule has 7 heteroatoms. The number of halogens is 2. The second-order valence-electron chi connectivity index (χ2n) is 4.48. The number of aliphatic hydroxyl groups excluding tert-OH is 1. The summed E-state index contributed by atoms with van der Waals surface area (Å²) < 4.78 is 25.0. The van der Waals surface area contributed by atoms with Gasteiger partial charge in [0, 0.05) is 11.9 Å². The molecule has 5 nitrogen and oxygen atoms in total. The van der Waals surface area contributed by atoms with Crippen LogP contribution in [0, 0.1) is 0 Å². The van der Waals surface area contributed by atoms with E-state index in [4.69, 9.17) is 10.8 Å². The fourth-order valence-electron chi connectivity index (χ4n) is 2.06. The van der Waals surface area contributed by atoms with Crippen LogP contribution in [-0.4, -0.2) is 47.0 Å². The molecule has 1 heterocycles. The minimum absolute atomic E-state index is 0.0136. The fraction of sp³-hybridized carbons (Fsp3) is 0.286. The molecule has 0 atom stereocenters. The highest BCUT2D eigenvalue weighted by molar-refractivity contribution is 5.99. The number of fused-ring (bicyclic) bond motifs is 1. The molecule has 1 amide bonds. The first-order valence-corrected chi connectivity index (χ1v) is 6.36. The molecule has 3 N–H and O–H groups in total. The van der Waals surface area contributed by atoms with Gasteiger partial charge in [-0.15, -0.1) is 0 Å². The molecule has 21 heavy (non-hydrogen) atoms. The molecule has 0 aliphatic rings. The van der Waals surface area contributed by atoms with Crippen LogP contribution in [0.4, 0.5) is 14.6 Å². The number of carbonyl (C=O) groups excluding carboxylic acids is 1.